The molecule has 1 nitrogen and oxygen atoms in total. The standard InChI is InChI=1S/C14H13ClO/c1-2-3-10-4-5-12-9-13(14(15)16)7-6-11(12)8-10/h4-9H,2-3H2,1H3. The Hall–Kier alpha value is -1.34. The fourth-order valence-electron chi connectivity index (χ4n) is 1.86. The van der Waals surface area contributed by atoms with Crippen LogP contribution >= 0.6 is 11.6 Å². The molecular weight excluding hydrogens is 220 g/mol. The van der Waals surface area contributed by atoms with Gasteiger partial charge in [0.05, 0.1) is 0 Å². The lowest BCUT2D eigenvalue weighted by atomic mass is 10.0. The summed E-state index contributed by atoms with van der Waals surface area (Å²) in [7, 11) is 0. The molecule has 0 radical (unpaired) electrons. The first-order valence-electron chi connectivity index (χ1n) is 5.43. The molecule has 0 aliphatic rings. The van der Waals surface area contributed by atoms with E-state index in [1.54, 1.807) is 6.07 Å². The van der Waals surface area contributed by atoms with Crippen molar-refractivity contribution >= 4 is 27.6 Å². The van der Waals surface area contributed by atoms with Crippen molar-refractivity contribution in [2.75, 3.05) is 0 Å². The van der Waals surface area contributed by atoms with Crippen molar-refractivity contribution in [2.45, 2.75) is 19.8 Å². The molecule has 0 heterocycles. The minimum absolute atomic E-state index is 0.403. The van der Waals surface area contributed by atoms with Gasteiger partial charge >= 0.3 is 0 Å². The summed E-state index contributed by atoms with van der Waals surface area (Å²) in [5.74, 6) is 0. The van der Waals surface area contributed by atoms with Gasteiger partial charge < -0.3 is 0 Å². The number of aryl methyl sites for hydroxylation is 1. The highest BCUT2D eigenvalue weighted by molar-refractivity contribution is 6.67. The topological polar surface area (TPSA) is 17.1 Å². The number of carbonyl (C=O) groups is 1. The van der Waals surface area contributed by atoms with Gasteiger partial charge in [0.25, 0.3) is 5.24 Å². The Labute approximate surface area is 100 Å². The molecule has 0 bridgehead atoms. The lowest BCUT2D eigenvalue weighted by Gasteiger charge is -2.03. The van der Waals surface area contributed by atoms with Crippen LogP contribution in [0.2, 0.25) is 0 Å². The summed E-state index contributed by atoms with van der Waals surface area (Å²) in [6.45, 7) is 2.17. The van der Waals surface area contributed by atoms with Crippen LogP contribution in [0.1, 0.15) is 29.3 Å². The van der Waals surface area contributed by atoms with Gasteiger partial charge in [-0.3, -0.25) is 4.79 Å². The molecule has 0 spiro atoms. The molecule has 0 amide bonds. The second-order valence-corrected chi connectivity index (χ2v) is 4.26. The zero-order valence-electron chi connectivity index (χ0n) is 9.16. The normalized spacial score (nSPS) is 10.6. The highest BCUT2D eigenvalue weighted by Crippen LogP contribution is 2.19. The van der Waals surface area contributed by atoms with E-state index in [0.29, 0.717) is 5.56 Å². The third-order valence-electron chi connectivity index (χ3n) is 2.67. The molecule has 2 heteroatoms. The van der Waals surface area contributed by atoms with Crippen LogP contribution in [0.4, 0.5) is 0 Å². The lowest BCUT2D eigenvalue weighted by Crippen LogP contribution is -1.89. The van der Waals surface area contributed by atoms with Gasteiger partial charge in [0, 0.05) is 5.56 Å². The third kappa shape index (κ3) is 2.25. The largest absolute Gasteiger partial charge is 0.276 e. The first kappa shape index (κ1) is 11.2. The summed E-state index contributed by atoms with van der Waals surface area (Å²) < 4.78 is 0. The highest BCUT2D eigenvalue weighted by Gasteiger charge is 2.03. The summed E-state index contributed by atoms with van der Waals surface area (Å²) in [6, 6.07) is 11.9. The van der Waals surface area contributed by atoms with Gasteiger partial charge in [0.15, 0.2) is 0 Å². The summed E-state index contributed by atoms with van der Waals surface area (Å²) in [5.41, 5.74) is 1.89. The van der Waals surface area contributed by atoms with E-state index in [9.17, 15) is 4.79 Å². The van der Waals surface area contributed by atoms with E-state index in [1.165, 1.54) is 5.56 Å². The molecule has 0 atom stereocenters. The van der Waals surface area contributed by atoms with Crippen molar-refractivity contribution in [3.63, 3.8) is 0 Å². The summed E-state index contributed by atoms with van der Waals surface area (Å²) in [5, 5.41) is 1.82. The summed E-state index contributed by atoms with van der Waals surface area (Å²) in [4.78, 5) is 11.0. The quantitative estimate of drug-likeness (QED) is 0.726. The Morgan fingerprint density at radius 2 is 1.81 bits per heavy atom. The van der Waals surface area contributed by atoms with Crippen molar-refractivity contribution in [1.82, 2.24) is 0 Å². The van der Waals surface area contributed by atoms with Gasteiger partial charge in [0.2, 0.25) is 0 Å². The molecule has 0 saturated carbocycles. The Kier molecular flexibility index (Phi) is 3.25. The fraction of sp³-hybridized carbons (Fsp3) is 0.214. The molecule has 0 aliphatic heterocycles. The molecule has 2 rings (SSSR count). The maximum Gasteiger partial charge on any atom is 0.252 e. The number of carbonyl (C=O) groups excluding carboxylic acids is 1. The molecule has 0 aliphatic carbocycles. The number of halogens is 1. The summed E-state index contributed by atoms with van der Waals surface area (Å²) >= 11 is 5.45. The van der Waals surface area contributed by atoms with E-state index in [4.69, 9.17) is 11.6 Å². The van der Waals surface area contributed by atoms with Gasteiger partial charge in [-0.15, -0.1) is 0 Å². The number of rotatable bonds is 3. The van der Waals surface area contributed by atoms with Gasteiger partial charge in [-0.1, -0.05) is 37.6 Å². The molecule has 0 unspecified atom stereocenters. The monoisotopic (exact) mass is 232 g/mol. The number of hydrogen-bond acceptors (Lipinski definition) is 1. The maximum absolute atomic E-state index is 11.0. The smallest absolute Gasteiger partial charge is 0.252 e. The van der Waals surface area contributed by atoms with Crippen LogP contribution < -0.4 is 0 Å². The predicted molar refractivity (Wildman–Crippen MR) is 68.1 cm³/mol. The second kappa shape index (κ2) is 4.67. The Bertz CT molecular complexity index is 531. The first-order valence-corrected chi connectivity index (χ1v) is 5.81. The fourth-order valence-corrected chi connectivity index (χ4v) is 1.98. The summed E-state index contributed by atoms with van der Waals surface area (Å²) in [6.07, 6.45) is 2.23. The lowest BCUT2D eigenvalue weighted by molar-refractivity contribution is 0.108. The maximum atomic E-state index is 11.0. The molecule has 82 valence electrons. The Morgan fingerprint density at radius 3 is 2.50 bits per heavy atom. The van der Waals surface area contributed by atoms with E-state index in [2.05, 4.69) is 19.1 Å². The van der Waals surface area contributed by atoms with Crippen LogP contribution in [0.5, 0.6) is 0 Å². The van der Waals surface area contributed by atoms with E-state index >= 15 is 0 Å². The van der Waals surface area contributed by atoms with Gasteiger partial charge in [-0.2, -0.15) is 0 Å². The van der Waals surface area contributed by atoms with Crippen LogP contribution in [-0.4, -0.2) is 5.24 Å². The second-order valence-electron chi connectivity index (χ2n) is 3.92. The van der Waals surface area contributed by atoms with Crippen molar-refractivity contribution in [3.8, 4) is 0 Å². The molecule has 0 fully saturated rings. The highest BCUT2D eigenvalue weighted by atomic mass is 35.5. The van der Waals surface area contributed by atoms with Crippen molar-refractivity contribution in [3.05, 3.63) is 47.5 Å². The Morgan fingerprint density at radius 1 is 1.12 bits per heavy atom. The third-order valence-corrected chi connectivity index (χ3v) is 2.89. The van der Waals surface area contributed by atoms with E-state index in [1.807, 2.05) is 18.2 Å². The zero-order valence-corrected chi connectivity index (χ0v) is 9.92. The molecule has 2 aromatic rings. The molecule has 2 aromatic carbocycles. The van der Waals surface area contributed by atoms with Crippen LogP contribution in [-0.2, 0) is 6.42 Å². The zero-order chi connectivity index (χ0) is 11.5. The molecule has 0 saturated heterocycles. The van der Waals surface area contributed by atoms with E-state index in [0.717, 1.165) is 23.6 Å². The number of fused-ring (bicyclic) bond motifs is 1. The van der Waals surface area contributed by atoms with Crippen LogP contribution in [0, 0.1) is 0 Å². The number of hydrogen-bond donors (Lipinski definition) is 0. The van der Waals surface area contributed by atoms with Crippen molar-refractivity contribution in [1.29, 1.82) is 0 Å². The van der Waals surface area contributed by atoms with Gasteiger partial charge in [-0.25, -0.2) is 0 Å². The van der Waals surface area contributed by atoms with Crippen molar-refractivity contribution < 1.29 is 4.79 Å². The van der Waals surface area contributed by atoms with Crippen LogP contribution in [0.25, 0.3) is 10.8 Å². The van der Waals surface area contributed by atoms with E-state index < -0.39 is 5.24 Å². The average Bonchev–Trinajstić information content (AvgIpc) is 2.28. The molecule has 16 heavy (non-hydrogen) atoms. The van der Waals surface area contributed by atoms with Crippen molar-refractivity contribution in [2.24, 2.45) is 0 Å². The minimum atomic E-state index is -0.403. The van der Waals surface area contributed by atoms with E-state index in [-0.39, 0.29) is 0 Å². The average molecular weight is 233 g/mol. The molecule has 0 N–H and O–H groups in total. The SMILES string of the molecule is CCCc1ccc2cc(C(=O)Cl)ccc2c1. The molecule has 0 aromatic heterocycles. The minimum Gasteiger partial charge on any atom is -0.276 e. The predicted octanol–water partition coefficient (Wildman–Crippen LogP) is 4.17. The number of benzene rings is 2. The Balaban J connectivity index is 2.48. The molecular formula is C14H13ClO. The van der Waals surface area contributed by atoms with Gasteiger partial charge in [0.1, 0.15) is 0 Å². The van der Waals surface area contributed by atoms with Gasteiger partial charge in [-0.05, 0) is 46.5 Å². The first-order chi connectivity index (χ1) is 7.70. The van der Waals surface area contributed by atoms with Crippen LogP contribution in [0.3, 0.4) is 0 Å². The van der Waals surface area contributed by atoms with Crippen LogP contribution in [0.15, 0.2) is 36.4 Å².